The van der Waals surface area contributed by atoms with Crippen molar-refractivity contribution in [2.24, 2.45) is 21.7 Å². The van der Waals surface area contributed by atoms with Crippen LogP contribution in [0.5, 0.6) is 0 Å². The highest BCUT2D eigenvalue weighted by Gasteiger charge is 2.30. The molecule has 0 heterocycles. The largest absolute Gasteiger partial charge is 0.416 e. The third-order valence-corrected chi connectivity index (χ3v) is 1.81. The molecule has 1 aromatic carbocycles. The summed E-state index contributed by atoms with van der Waals surface area (Å²) in [5.41, 5.74) is 9.03. The van der Waals surface area contributed by atoms with Crippen LogP contribution in [0.2, 0.25) is 0 Å². The van der Waals surface area contributed by atoms with Gasteiger partial charge < -0.3 is 16.8 Å². The van der Waals surface area contributed by atoms with Crippen molar-refractivity contribution in [1.82, 2.24) is 0 Å². The zero-order chi connectivity index (χ0) is 19.0. The smallest absolute Gasteiger partial charge is 0.369 e. The topological polar surface area (TPSA) is 180 Å². The van der Waals surface area contributed by atoms with Crippen LogP contribution in [0.15, 0.2) is 34.5 Å². The minimum atomic E-state index is -4.67. The molecule has 0 aliphatic heterocycles. The lowest BCUT2D eigenvalue weighted by molar-refractivity contribution is -0.137. The first-order valence-corrected chi connectivity index (χ1v) is 6.99. The van der Waals surface area contributed by atoms with Gasteiger partial charge in [-0.05, 0) is 18.2 Å². The van der Waals surface area contributed by atoms with Gasteiger partial charge in [0.25, 0.3) is 5.91 Å². The highest BCUT2D eigenvalue weighted by molar-refractivity contribution is 7.79. The summed E-state index contributed by atoms with van der Waals surface area (Å²) in [5.74, 6) is -1.10. The molecule has 7 N–H and O–H groups in total. The monoisotopic (exact) mass is 371 g/mol. The number of nitrogens with two attached hydrogens (primary N) is 2. The number of carbonyl (C=O) groups excluding carboxylic acids is 1. The van der Waals surface area contributed by atoms with E-state index in [9.17, 15) is 18.0 Å². The Morgan fingerprint density at radius 2 is 1.79 bits per heavy atom. The molecule has 0 saturated heterocycles. The van der Waals surface area contributed by atoms with E-state index in [0.29, 0.717) is 0 Å². The fourth-order valence-corrected chi connectivity index (χ4v) is 1.10. The summed E-state index contributed by atoms with van der Waals surface area (Å²) in [7, 11) is -4.67. The van der Waals surface area contributed by atoms with Crippen molar-refractivity contribution in [2.45, 2.75) is 6.18 Å². The standard InChI is InChI=1S/C10H10F3N5O.H2O4S/c11-10(12,13)6-2-1-3-7(4-6)17-8(19)5-16-18-9(14)15;1-5(2,3)4/h1-5H,(H,17,19)(H4,14,15,18);(H2,1,2,3,4)/b16-5+;. The van der Waals surface area contributed by atoms with Crippen LogP contribution < -0.4 is 16.8 Å². The predicted octanol–water partition coefficient (Wildman–Crippen LogP) is 0.250. The number of carbonyl (C=O) groups is 1. The van der Waals surface area contributed by atoms with Crippen LogP contribution >= 0.6 is 0 Å². The molecule has 0 aromatic heterocycles. The van der Waals surface area contributed by atoms with E-state index in [1.54, 1.807) is 0 Å². The number of alkyl halides is 3. The Balaban J connectivity index is 0.000000922. The van der Waals surface area contributed by atoms with Crippen LogP contribution in [0.3, 0.4) is 0 Å². The third kappa shape index (κ3) is 11.9. The third-order valence-electron chi connectivity index (χ3n) is 1.81. The lowest BCUT2D eigenvalue weighted by Crippen LogP contribution is -2.22. The maximum absolute atomic E-state index is 12.4. The van der Waals surface area contributed by atoms with E-state index in [4.69, 9.17) is 29.0 Å². The van der Waals surface area contributed by atoms with Crippen molar-refractivity contribution >= 4 is 34.2 Å². The number of anilines is 1. The molecule has 0 bridgehead atoms. The minimum absolute atomic E-state index is 0.0176. The summed E-state index contributed by atoms with van der Waals surface area (Å²) in [6.07, 6.45) is -3.74. The number of halogens is 3. The van der Waals surface area contributed by atoms with Gasteiger partial charge in [0.2, 0.25) is 5.96 Å². The molecular weight excluding hydrogens is 359 g/mol. The first-order valence-electron chi connectivity index (χ1n) is 5.59. The van der Waals surface area contributed by atoms with Crippen LogP contribution in [0, 0.1) is 0 Å². The fourth-order valence-electron chi connectivity index (χ4n) is 1.10. The number of benzene rings is 1. The van der Waals surface area contributed by atoms with E-state index >= 15 is 0 Å². The number of hydrogen-bond acceptors (Lipinski definition) is 5. The molecule has 1 aromatic rings. The molecule has 0 unspecified atom stereocenters. The average Bonchev–Trinajstić information content (AvgIpc) is 2.35. The zero-order valence-electron chi connectivity index (χ0n) is 11.6. The van der Waals surface area contributed by atoms with Crippen molar-refractivity contribution in [3.63, 3.8) is 0 Å². The van der Waals surface area contributed by atoms with Gasteiger partial charge in [0.15, 0.2) is 0 Å². The van der Waals surface area contributed by atoms with Gasteiger partial charge in [-0.15, -0.1) is 10.2 Å². The van der Waals surface area contributed by atoms with E-state index in [-0.39, 0.29) is 11.6 Å². The van der Waals surface area contributed by atoms with E-state index < -0.39 is 28.0 Å². The van der Waals surface area contributed by atoms with Crippen LogP contribution in [-0.4, -0.2) is 35.6 Å². The first-order chi connectivity index (χ1) is 10.8. The predicted molar refractivity (Wildman–Crippen MR) is 78.6 cm³/mol. The molecule has 10 nitrogen and oxygen atoms in total. The van der Waals surface area contributed by atoms with Gasteiger partial charge in [-0.3, -0.25) is 13.9 Å². The molecule has 0 aliphatic rings. The second-order valence-electron chi connectivity index (χ2n) is 3.79. The second-order valence-corrected chi connectivity index (χ2v) is 4.68. The van der Waals surface area contributed by atoms with E-state index in [0.717, 1.165) is 18.3 Å². The Kier molecular flexibility index (Phi) is 7.81. The van der Waals surface area contributed by atoms with Crippen molar-refractivity contribution in [2.75, 3.05) is 5.32 Å². The summed E-state index contributed by atoms with van der Waals surface area (Å²) >= 11 is 0. The highest BCUT2D eigenvalue weighted by atomic mass is 32.3. The number of hydrogen-bond donors (Lipinski definition) is 5. The molecule has 134 valence electrons. The number of guanidine groups is 1. The lowest BCUT2D eigenvalue weighted by Gasteiger charge is -2.08. The summed E-state index contributed by atoms with van der Waals surface area (Å²) in [5, 5.41) is 8.57. The quantitative estimate of drug-likeness (QED) is 0.218. The van der Waals surface area contributed by atoms with Gasteiger partial charge in [-0.1, -0.05) is 6.07 Å². The van der Waals surface area contributed by atoms with Gasteiger partial charge in [0.1, 0.15) is 6.21 Å². The molecule has 1 amide bonds. The summed E-state index contributed by atoms with van der Waals surface area (Å²) in [6, 6.07) is 4.17. The summed E-state index contributed by atoms with van der Waals surface area (Å²) in [4.78, 5) is 11.3. The van der Waals surface area contributed by atoms with Crippen LogP contribution in [0.4, 0.5) is 18.9 Å². The minimum Gasteiger partial charge on any atom is -0.369 e. The Morgan fingerprint density at radius 3 is 2.25 bits per heavy atom. The van der Waals surface area contributed by atoms with E-state index in [1.807, 2.05) is 0 Å². The van der Waals surface area contributed by atoms with Crippen LogP contribution in [-0.2, 0) is 21.4 Å². The van der Waals surface area contributed by atoms with Gasteiger partial charge in [0.05, 0.1) is 5.56 Å². The Bertz CT molecular complexity index is 721. The molecule has 0 aliphatic carbocycles. The fraction of sp³-hybridized carbons (Fsp3) is 0.100. The van der Waals surface area contributed by atoms with Crippen LogP contribution in [0.1, 0.15) is 5.56 Å². The normalized spacial score (nSPS) is 11.4. The van der Waals surface area contributed by atoms with Crippen molar-refractivity contribution in [3.05, 3.63) is 29.8 Å². The lowest BCUT2D eigenvalue weighted by atomic mass is 10.2. The SMILES string of the molecule is NC(N)=N/N=C/C(=O)Nc1cccc(C(F)(F)F)c1.O=S(=O)(O)O. The Labute approximate surface area is 133 Å². The number of amides is 1. The van der Waals surface area contributed by atoms with E-state index in [2.05, 4.69) is 15.5 Å². The second kappa shape index (κ2) is 8.80. The molecule has 0 spiro atoms. The Hall–Kier alpha value is -2.71. The number of nitrogens with one attached hydrogen (secondary N) is 1. The van der Waals surface area contributed by atoms with Gasteiger partial charge in [-0.25, -0.2) is 0 Å². The van der Waals surface area contributed by atoms with Gasteiger partial charge in [0, 0.05) is 5.69 Å². The van der Waals surface area contributed by atoms with Gasteiger partial charge in [-0.2, -0.15) is 21.6 Å². The van der Waals surface area contributed by atoms with Crippen molar-refractivity contribution in [3.8, 4) is 0 Å². The molecule has 0 saturated carbocycles. The van der Waals surface area contributed by atoms with Crippen LogP contribution in [0.25, 0.3) is 0 Å². The zero-order valence-corrected chi connectivity index (χ0v) is 12.4. The molecular formula is C10H12F3N5O5S. The molecule has 0 radical (unpaired) electrons. The molecule has 14 heteroatoms. The highest BCUT2D eigenvalue weighted by Crippen LogP contribution is 2.30. The molecule has 0 atom stereocenters. The van der Waals surface area contributed by atoms with E-state index in [1.165, 1.54) is 12.1 Å². The number of rotatable bonds is 3. The van der Waals surface area contributed by atoms with Crippen molar-refractivity contribution < 1.29 is 35.5 Å². The first kappa shape index (κ1) is 21.3. The summed E-state index contributed by atoms with van der Waals surface area (Å²) < 4.78 is 68.8. The number of nitrogens with zero attached hydrogens (tertiary/aromatic N) is 2. The average molecular weight is 371 g/mol. The Morgan fingerprint density at radius 1 is 1.25 bits per heavy atom. The maximum Gasteiger partial charge on any atom is 0.416 e. The van der Waals surface area contributed by atoms with Crippen molar-refractivity contribution in [1.29, 1.82) is 0 Å². The molecule has 24 heavy (non-hydrogen) atoms. The summed E-state index contributed by atoms with van der Waals surface area (Å²) in [6.45, 7) is 0. The molecule has 1 rings (SSSR count). The molecule has 0 fully saturated rings. The van der Waals surface area contributed by atoms with Gasteiger partial charge >= 0.3 is 16.6 Å². The maximum atomic E-state index is 12.4.